The largest absolute Gasteiger partial charge is 0.454 e. The smallest absolute Gasteiger partial charge is 0.231 e. The van der Waals surface area contributed by atoms with E-state index in [1.165, 1.54) is 0 Å². The fourth-order valence-electron chi connectivity index (χ4n) is 2.24. The van der Waals surface area contributed by atoms with Gasteiger partial charge in [-0.2, -0.15) is 5.10 Å². The Balaban J connectivity index is 1.50. The van der Waals surface area contributed by atoms with Gasteiger partial charge in [0.15, 0.2) is 16.6 Å². The highest BCUT2D eigenvalue weighted by Crippen LogP contribution is 2.36. The molecule has 8 heteroatoms. The summed E-state index contributed by atoms with van der Waals surface area (Å²) in [5.74, 6) is 1.44. The van der Waals surface area contributed by atoms with Crippen molar-refractivity contribution in [1.29, 1.82) is 0 Å². The number of thiocarbonyl (C=S) groups is 1. The van der Waals surface area contributed by atoms with Crippen LogP contribution in [-0.2, 0) is 4.74 Å². The van der Waals surface area contributed by atoms with Gasteiger partial charge >= 0.3 is 0 Å². The molecule has 0 aliphatic carbocycles. The van der Waals surface area contributed by atoms with Crippen molar-refractivity contribution < 1.29 is 14.2 Å². The van der Waals surface area contributed by atoms with Gasteiger partial charge in [-0.3, -0.25) is 5.43 Å². The second kappa shape index (κ2) is 7.26. The first-order valence-corrected chi connectivity index (χ1v) is 8.20. The minimum absolute atomic E-state index is 0.242. The molecule has 1 fully saturated rings. The number of benzene rings is 1. The van der Waals surface area contributed by atoms with Crippen LogP contribution in [0.2, 0.25) is 0 Å². The number of rotatable bonds is 4. The van der Waals surface area contributed by atoms with Crippen LogP contribution in [0.1, 0.15) is 18.4 Å². The molecule has 3 rings (SSSR count). The summed E-state index contributed by atoms with van der Waals surface area (Å²) < 4.78 is 17.0. The van der Waals surface area contributed by atoms with Crippen LogP contribution < -0.4 is 20.2 Å². The van der Waals surface area contributed by atoms with Gasteiger partial charge in [0.1, 0.15) is 0 Å². The van der Waals surface area contributed by atoms with E-state index in [0.717, 1.165) is 35.2 Å². The predicted molar refractivity (Wildman–Crippen MR) is 90.6 cm³/mol. The maximum atomic E-state index is 5.52. The van der Waals surface area contributed by atoms with Gasteiger partial charge in [0.05, 0.1) is 12.3 Å². The first-order valence-electron chi connectivity index (χ1n) is 7.00. The standard InChI is InChI=1S/C14H16BrN3O3S/c15-11-5-13-12(20-8-21-13)4-9(11)6-17-18-14(22)16-7-10-2-1-3-19-10/h4-6,10H,1-3,7-8H2,(H2,16,18,22). The highest BCUT2D eigenvalue weighted by Gasteiger charge is 2.16. The first kappa shape index (κ1) is 15.5. The molecule has 2 aliphatic heterocycles. The molecule has 2 N–H and O–H groups in total. The van der Waals surface area contributed by atoms with Crippen molar-refractivity contribution in [3.05, 3.63) is 22.2 Å². The summed E-state index contributed by atoms with van der Waals surface area (Å²) in [6.07, 6.45) is 4.10. The van der Waals surface area contributed by atoms with Crippen molar-refractivity contribution in [2.24, 2.45) is 5.10 Å². The summed E-state index contributed by atoms with van der Waals surface area (Å²) in [6, 6.07) is 3.72. The van der Waals surface area contributed by atoms with Gasteiger partial charge < -0.3 is 19.5 Å². The maximum absolute atomic E-state index is 5.52. The Morgan fingerprint density at radius 1 is 1.41 bits per heavy atom. The molecule has 1 saturated heterocycles. The molecule has 0 aromatic heterocycles. The second-order valence-corrected chi connectivity index (χ2v) is 6.20. The molecule has 0 bridgehead atoms. The fraction of sp³-hybridized carbons (Fsp3) is 0.429. The molecule has 118 valence electrons. The summed E-state index contributed by atoms with van der Waals surface area (Å²) in [6.45, 7) is 1.79. The number of ether oxygens (including phenoxy) is 3. The zero-order valence-electron chi connectivity index (χ0n) is 11.8. The highest BCUT2D eigenvalue weighted by atomic mass is 79.9. The lowest BCUT2D eigenvalue weighted by molar-refractivity contribution is 0.114. The van der Waals surface area contributed by atoms with Crippen molar-refractivity contribution >= 4 is 39.5 Å². The van der Waals surface area contributed by atoms with Gasteiger partial charge in [-0.1, -0.05) is 0 Å². The lowest BCUT2D eigenvalue weighted by Gasteiger charge is -2.11. The molecule has 0 saturated carbocycles. The van der Waals surface area contributed by atoms with Gasteiger partial charge in [-0.05, 0) is 53.1 Å². The van der Waals surface area contributed by atoms with Crippen molar-refractivity contribution in [2.45, 2.75) is 18.9 Å². The topological polar surface area (TPSA) is 64.1 Å². The number of hydrogen-bond acceptors (Lipinski definition) is 5. The van der Waals surface area contributed by atoms with Crippen LogP contribution in [0.5, 0.6) is 11.5 Å². The van der Waals surface area contributed by atoms with Crippen LogP contribution in [0.4, 0.5) is 0 Å². The summed E-state index contributed by atoms with van der Waals surface area (Å²) in [5.41, 5.74) is 3.67. The quantitative estimate of drug-likeness (QED) is 0.470. The van der Waals surface area contributed by atoms with Crippen molar-refractivity contribution in [2.75, 3.05) is 19.9 Å². The van der Waals surface area contributed by atoms with Crippen LogP contribution >= 0.6 is 28.1 Å². The third-order valence-corrected chi connectivity index (χ3v) is 4.30. The van der Waals surface area contributed by atoms with E-state index in [-0.39, 0.29) is 12.9 Å². The number of nitrogens with one attached hydrogen (secondary N) is 2. The van der Waals surface area contributed by atoms with Crippen LogP contribution in [0, 0.1) is 0 Å². The van der Waals surface area contributed by atoms with E-state index in [4.69, 9.17) is 26.4 Å². The Morgan fingerprint density at radius 2 is 2.23 bits per heavy atom. The highest BCUT2D eigenvalue weighted by molar-refractivity contribution is 9.10. The summed E-state index contributed by atoms with van der Waals surface area (Å²) in [4.78, 5) is 0. The maximum Gasteiger partial charge on any atom is 0.231 e. The zero-order valence-corrected chi connectivity index (χ0v) is 14.2. The third kappa shape index (κ3) is 3.88. The van der Waals surface area contributed by atoms with Crippen molar-refractivity contribution in [3.8, 4) is 11.5 Å². The van der Waals surface area contributed by atoms with Gasteiger partial charge in [0.25, 0.3) is 0 Å². The van der Waals surface area contributed by atoms with E-state index >= 15 is 0 Å². The van der Waals surface area contributed by atoms with Crippen molar-refractivity contribution in [1.82, 2.24) is 10.7 Å². The Hall–Kier alpha value is -1.38. The number of hydrogen-bond donors (Lipinski definition) is 2. The normalized spacial score (nSPS) is 19.6. The van der Waals surface area contributed by atoms with Gasteiger partial charge in [0.2, 0.25) is 6.79 Å². The van der Waals surface area contributed by atoms with Gasteiger partial charge in [0, 0.05) is 23.2 Å². The first-order chi connectivity index (χ1) is 10.7. The Bertz CT molecular complexity index is 591. The minimum Gasteiger partial charge on any atom is -0.454 e. The van der Waals surface area contributed by atoms with E-state index in [0.29, 0.717) is 17.4 Å². The molecule has 0 radical (unpaired) electrons. The second-order valence-electron chi connectivity index (χ2n) is 4.94. The average Bonchev–Trinajstić information content (AvgIpc) is 3.16. The molecule has 2 aliphatic rings. The SMILES string of the molecule is S=C(NCC1CCCO1)NN=Cc1cc2c(cc1Br)OCO2. The van der Waals surface area contributed by atoms with Gasteiger partial charge in [-0.25, -0.2) is 0 Å². The zero-order chi connectivity index (χ0) is 15.4. The van der Waals surface area contributed by atoms with Crippen LogP contribution in [0.15, 0.2) is 21.7 Å². The van der Waals surface area contributed by atoms with E-state index in [9.17, 15) is 0 Å². The lowest BCUT2D eigenvalue weighted by Crippen LogP contribution is -2.37. The monoisotopic (exact) mass is 385 g/mol. The van der Waals surface area contributed by atoms with E-state index in [1.807, 2.05) is 12.1 Å². The Morgan fingerprint density at radius 3 is 3.00 bits per heavy atom. The molecule has 1 unspecified atom stereocenters. The number of fused-ring (bicyclic) bond motifs is 1. The van der Waals surface area contributed by atoms with E-state index in [2.05, 4.69) is 31.8 Å². The molecule has 22 heavy (non-hydrogen) atoms. The lowest BCUT2D eigenvalue weighted by atomic mass is 10.2. The van der Waals surface area contributed by atoms with Gasteiger partial charge in [-0.15, -0.1) is 0 Å². The van der Waals surface area contributed by atoms with Crippen LogP contribution in [-0.4, -0.2) is 37.4 Å². The molecule has 1 atom stereocenters. The Kier molecular flexibility index (Phi) is 5.12. The van der Waals surface area contributed by atoms with Crippen LogP contribution in [0.3, 0.4) is 0 Å². The average molecular weight is 386 g/mol. The number of halogens is 1. The predicted octanol–water partition coefficient (Wildman–Crippen LogP) is 2.15. The van der Waals surface area contributed by atoms with E-state index < -0.39 is 0 Å². The molecule has 6 nitrogen and oxygen atoms in total. The molecule has 0 amide bonds. The van der Waals surface area contributed by atoms with E-state index in [1.54, 1.807) is 6.21 Å². The van der Waals surface area contributed by atoms with Crippen LogP contribution in [0.25, 0.3) is 0 Å². The Labute approximate surface area is 142 Å². The van der Waals surface area contributed by atoms with Crippen molar-refractivity contribution in [3.63, 3.8) is 0 Å². The molecule has 2 heterocycles. The number of nitrogens with zero attached hydrogens (tertiary/aromatic N) is 1. The summed E-state index contributed by atoms with van der Waals surface area (Å²) >= 11 is 8.64. The minimum atomic E-state index is 0.242. The third-order valence-electron chi connectivity index (χ3n) is 3.38. The number of hydrazone groups is 1. The molecule has 0 spiro atoms. The molecule has 1 aromatic rings. The summed E-state index contributed by atoms with van der Waals surface area (Å²) in [7, 11) is 0. The fourth-order valence-corrected chi connectivity index (χ4v) is 2.80. The summed E-state index contributed by atoms with van der Waals surface area (Å²) in [5, 5.41) is 7.70. The molecule has 1 aromatic carbocycles. The molecular weight excluding hydrogens is 370 g/mol. The molecular formula is C14H16BrN3O3S.